The number of likely N-dealkylation sites (tertiary alicyclic amines) is 1. The average Bonchev–Trinajstić information content (AvgIpc) is 2.80. The van der Waals surface area contributed by atoms with Crippen LogP contribution in [0.5, 0.6) is 0 Å². The second-order valence-electron chi connectivity index (χ2n) is 8.37. The quantitative estimate of drug-likeness (QED) is 0.776. The van der Waals surface area contributed by atoms with E-state index < -0.39 is 0 Å². The van der Waals surface area contributed by atoms with E-state index in [1.807, 2.05) is 19.1 Å². The highest BCUT2D eigenvalue weighted by Crippen LogP contribution is 2.26. The number of nitrogen functional groups attached to an aromatic ring is 1. The Kier molecular flexibility index (Phi) is 6.42. The van der Waals surface area contributed by atoms with E-state index in [4.69, 9.17) is 5.73 Å². The first-order chi connectivity index (χ1) is 14.6. The van der Waals surface area contributed by atoms with Crippen LogP contribution in [0.2, 0.25) is 0 Å². The van der Waals surface area contributed by atoms with Gasteiger partial charge in [0, 0.05) is 56.4 Å². The van der Waals surface area contributed by atoms with Gasteiger partial charge in [0.15, 0.2) is 0 Å². The molecule has 0 spiro atoms. The molecule has 30 heavy (non-hydrogen) atoms. The van der Waals surface area contributed by atoms with Crippen molar-refractivity contribution in [2.24, 2.45) is 5.92 Å². The third-order valence-corrected chi connectivity index (χ3v) is 6.28. The van der Waals surface area contributed by atoms with Gasteiger partial charge < -0.3 is 16.0 Å². The molecule has 8 heteroatoms. The topological polar surface area (TPSA) is 100 Å². The summed E-state index contributed by atoms with van der Waals surface area (Å²) in [5, 5.41) is 3.09. The number of anilines is 2. The smallest absolute Gasteiger partial charge is 0.227 e. The maximum atomic E-state index is 12.7. The van der Waals surface area contributed by atoms with Gasteiger partial charge in [0.25, 0.3) is 0 Å². The molecule has 0 unspecified atom stereocenters. The molecule has 1 amide bonds. The van der Waals surface area contributed by atoms with Crippen molar-refractivity contribution < 1.29 is 4.79 Å². The number of amides is 1. The number of carbonyl (C=O) groups is 1. The predicted molar refractivity (Wildman–Crippen MR) is 117 cm³/mol. The van der Waals surface area contributed by atoms with Gasteiger partial charge in [-0.15, -0.1) is 0 Å². The van der Waals surface area contributed by atoms with E-state index >= 15 is 0 Å². The minimum Gasteiger partial charge on any atom is -0.383 e. The van der Waals surface area contributed by atoms with Crippen LogP contribution in [0.25, 0.3) is 0 Å². The van der Waals surface area contributed by atoms with Gasteiger partial charge in [-0.3, -0.25) is 14.7 Å². The Morgan fingerprint density at radius 2 is 2.07 bits per heavy atom. The van der Waals surface area contributed by atoms with Crippen molar-refractivity contribution in [2.45, 2.75) is 45.2 Å². The molecule has 0 bridgehead atoms. The van der Waals surface area contributed by atoms with Crippen molar-refractivity contribution in [3.05, 3.63) is 41.9 Å². The molecule has 2 fully saturated rings. The van der Waals surface area contributed by atoms with Gasteiger partial charge in [-0.25, -0.2) is 4.98 Å². The number of nitrogens with one attached hydrogen (secondary N) is 1. The molecule has 8 nitrogen and oxygen atoms in total. The minimum absolute atomic E-state index is 0.0636. The van der Waals surface area contributed by atoms with Crippen LogP contribution in [-0.2, 0) is 11.3 Å². The van der Waals surface area contributed by atoms with Crippen LogP contribution in [0, 0.1) is 12.8 Å². The van der Waals surface area contributed by atoms with Gasteiger partial charge >= 0.3 is 0 Å². The summed E-state index contributed by atoms with van der Waals surface area (Å²) >= 11 is 0. The van der Waals surface area contributed by atoms with Crippen LogP contribution in [-0.4, -0.2) is 58.0 Å². The zero-order chi connectivity index (χ0) is 20.9. The fraction of sp³-hybridized carbons (Fsp3) is 0.545. The number of rotatable bonds is 5. The Hall–Kier alpha value is -2.74. The number of nitrogens with zero attached hydrogens (tertiary/aromatic N) is 5. The summed E-state index contributed by atoms with van der Waals surface area (Å²) in [6, 6.07) is 4.39. The predicted octanol–water partition coefficient (Wildman–Crippen LogP) is 1.76. The maximum Gasteiger partial charge on any atom is 0.227 e. The second-order valence-corrected chi connectivity index (χ2v) is 8.37. The lowest BCUT2D eigenvalue weighted by Gasteiger charge is -2.42. The molecule has 160 valence electrons. The number of pyridine rings is 1. The molecule has 0 radical (unpaired) electrons. The SMILES string of the molecule is Cc1cnc(N2CCC(N3CCC[C@H](C(=O)NCc4cccnc4)C3)CC2)nc1N. The summed E-state index contributed by atoms with van der Waals surface area (Å²) in [7, 11) is 0. The van der Waals surface area contributed by atoms with Crippen LogP contribution in [0.1, 0.15) is 36.8 Å². The minimum atomic E-state index is 0.0636. The number of nitrogens with two attached hydrogens (primary N) is 1. The van der Waals surface area contributed by atoms with Crippen LogP contribution in [0.4, 0.5) is 11.8 Å². The van der Waals surface area contributed by atoms with Crippen molar-refractivity contribution in [3.8, 4) is 0 Å². The third kappa shape index (κ3) is 4.87. The van der Waals surface area contributed by atoms with Crippen LogP contribution in [0.15, 0.2) is 30.7 Å². The number of hydrogen-bond acceptors (Lipinski definition) is 7. The van der Waals surface area contributed by atoms with E-state index in [9.17, 15) is 4.79 Å². The Morgan fingerprint density at radius 3 is 2.80 bits per heavy atom. The first-order valence-corrected chi connectivity index (χ1v) is 10.8. The summed E-state index contributed by atoms with van der Waals surface area (Å²) in [6.07, 6.45) is 9.49. The van der Waals surface area contributed by atoms with E-state index in [0.29, 0.717) is 18.4 Å². The van der Waals surface area contributed by atoms with Crippen molar-refractivity contribution in [1.82, 2.24) is 25.2 Å². The van der Waals surface area contributed by atoms with Crippen LogP contribution >= 0.6 is 0 Å². The Morgan fingerprint density at radius 1 is 1.23 bits per heavy atom. The second kappa shape index (κ2) is 9.38. The summed E-state index contributed by atoms with van der Waals surface area (Å²) in [6.45, 7) is 6.22. The highest BCUT2D eigenvalue weighted by molar-refractivity contribution is 5.78. The summed E-state index contributed by atoms with van der Waals surface area (Å²) in [5.41, 5.74) is 7.89. The lowest BCUT2D eigenvalue weighted by Crippen LogP contribution is -2.51. The first kappa shape index (κ1) is 20.5. The lowest BCUT2D eigenvalue weighted by atomic mass is 9.93. The van der Waals surface area contributed by atoms with Crippen molar-refractivity contribution in [3.63, 3.8) is 0 Å². The van der Waals surface area contributed by atoms with E-state index in [-0.39, 0.29) is 11.8 Å². The molecular weight excluding hydrogens is 378 g/mol. The molecule has 4 rings (SSSR count). The highest BCUT2D eigenvalue weighted by atomic mass is 16.1. The molecule has 4 heterocycles. The zero-order valence-electron chi connectivity index (χ0n) is 17.6. The summed E-state index contributed by atoms with van der Waals surface area (Å²) < 4.78 is 0. The van der Waals surface area contributed by atoms with E-state index in [1.54, 1.807) is 18.6 Å². The summed E-state index contributed by atoms with van der Waals surface area (Å²) in [5.74, 6) is 1.50. The molecule has 0 saturated carbocycles. The van der Waals surface area contributed by atoms with E-state index in [0.717, 1.165) is 68.9 Å². The molecule has 2 aliphatic rings. The van der Waals surface area contributed by atoms with Crippen molar-refractivity contribution in [1.29, 1.82) is 0 Å². The zero-order valence-corrected chi connectivity index (χ0v) is 17.6. The molecule has 0 aromatic carbocycles. The molecule has 2 aromatic heterocycles. The van der Waals surface area contributed by atoms with Gasteiger partial charge in [0.1, 0.15) is 5.82 Å². The fourth-order valence-corrected chi connectivity index (χ4v) is 4.42. The fourth-order valence-electron chi connectivity index (χ4n) is 4.42. The van der Waals surface area contributed by atoms with E-state index in [2.05, 4.69) is 30.1 Å². The largest absolute Gasteiger partial charge is 0.383 e. The molecule has 2 saturated heterocycles. The number of hydrogen-bond donors (Lipinski definition) is 2. The number of piperidine rings is 2. The molecule has 3 N–H and O–H groups in total. The third-order valence-electron chi connectivity index (χ3n) is 6.28. The Bertz CT molecular complexity index is 852. The van der Waals surface area contributed by atoms with E-state index in [1.165, 1.54) is 0 Å². The molecule has 0 aliphatic carbocycles. The standard InChI is InChI=1S/C22H31N7O/c1-16-12-26-22(27-20(16)23)28-10-6-19(7-11-28)29-9-3-5-18(15-29)21(30)25-14-17-4-2-8-24-13-17/h2,4,8,12-13,18-19H,3,5-7,9-11,14-15H2,1H3,(H,25,30)(H2,23,26,27)/t18-/m0/s1. The van der Waals surface area contributed by atoms with Crippen molar-refractivity contribution >= 4 is 17.7 Å². The molecular formula is C22H31N7O. The molecule has 2 aliphatic heterocycles. The lowest BCUT2D eigenvalue weighted by molar-refractivity contribution is -0.127. The van der Waals surface area contributed by atoms with Crippen molar-refractivity contribution in [2.75, 3.05) is 36.8 Å². The number of aromatic nitrogens is 3. The van der Waals surface area contributed by atoms with Gasteiger partial charge in [0.05, 0.1) is 5.92 Å². The number of aryl methyl sites for hydroxylation is 1. The van der Waals surface area contributed by atoms with Crippen LogP contribution < -0.4 is 16.0 Å². The number of carbonyl (C=O) groups excluding carboxylic acids is 1. The first-order valence-electron chi connectivity index (χ1n) is 10.8. The average molecular weight is 410 g/mol. The monoisotopic (exact) mass is 409 g/mol. The highest BCUT2D eigenvalue weighted by Gasteiger charge is 2.32. The summed E-state index contributed by atoms with van der Waals surface area (Å²) in [4.78, 5) is 30.4. The molecule has 1 atom stereocenters. The normalized spacial score (nSPS) is 20.8. The van der Waals surface area contributed by atoms with Crippen LogP contribution in [0.3, 0.4) is 0 Å². The Balaban J connectivity index is 1.27. The maximum absolute atomic E-state index is 12.7. The molecule has 2 aromatic rings. The van der Waals surface area contributed by atoms with Gasteiger partial charge in [-0.05, 0) is 50.8 Å². The van der Waals surface area contributed by atoms with Gasteiger partial charge in [-0.2, -0.15) is 4.98 Å². The van der Waals surface area contributed by atoms with Gasteiger partial charge in [-0.1, -0.05) is 6.07 Å². The van der Waals surface area contributed by atoms with Gasteiger partial charge in [0.2, 0.25) is 11.9 Å². The Labute approximate surface area is 177 Å².